The van der Waals surface area contributed by atoms with Crippen molar-refractivity contribution in [3.05, 3.63) is 11.8 Å². The van der Waals surface area contributed by atoms with Gasteiger partial charge in [-0.1, -0.05) is 13.0 Å². The van der Waals surface area contributed by atoms with E-state index in [1.54, 1.807) is 7.11 Å². The van der Waals surface area contributed by atoms with Gasteiger partial charge in [0, 0.05) is 11.4 Å². The van der Waals surface area contributed by atoms with Crippen molar-refractivity contribution in [2.24, 2.45) is 15.9 Å². The standard InChI is InChI=1S/C10H16N2O/c1-7-5-6-8(2)11-10(13-4)12-9(7)3/h6-7H,5H2,1-4H3/b8-6+,11-10?,12-9?. The Morgan fingerprint density at radius 3 is 2.69 bits per heavy atom. The Labute approximate surface area is 79.2 Å². The monoisotopic (exact) mass is 180 g/mol. The molecule has 0 spiro atoms. The fourth-order valence-electron chi connectivity index (χ4n) is 1.09. The van der Waals surface area contributed by atoms with Crippen LogP contribution in [0.25, 0.3) is 0 Å². The third kappa shape index (κ3) is 2.68. The molecule has 1 aliphatic rings. The van der Waals surface area contributed by atoms with Gasteiger partial charge in [0.2, 0.25) is 0 Å². The van der Waals surface area contributed by atoms with E-state index in [1.165, 1.54) is 0 Å². The van der Waals surface area contributed by atoms with Crippen molar-refractivity contribution in [3.8, 4) is 0 Å². The average molecular weight is 180 g/mol. The zero-order valence-corrected chi connectivity index (χ0v) is 8.66. The summed E-state index contributed by atoms with van der Waals surface area (Å²) in [4.78, 5) is 8.50. The van der Waals surface area contributed by atoms with Gasteiger partial charge in [-0.3, -0.25) is 0 Å². The molecule has 0 aliphatic carbocycles. The van der Waals surface area contributed by atoms with Gasteiger partial charge in [0.15, 0.2) is 0 Å². The lowest BCUT2D eigenvalue weighted by molar-refractivity contribution is 0.396. The maximum atomic E-state index is 5.04. The quantitative estimate of drug-likeness (QED) is 0.563. The second kappa shape index (κ2) is 4.21. The van der Waals surface area contributed by atoms with E-state index in [9.17, 15) is 0 Å². The lowest BCUT2D eigenvalue weighted by Gasteiger charge is -2.11. The highest BCUT2D eigenvalue weighted by molar-refractivity contribution is 5.95. The van der Waals surface area contributed by atoms with Crippen molar-refractivity contribution in [3.63, 3.8) is 0 Å². The van der Waals surface area contributed by atoms with Crippen molar-refractivity contribution < 1.29 is 4.74 Å². The van der Waals surface area contributed by atoms with E-state index in [0.717, 1.165) is 17.8 Å². The molecule has 0 saturated carbocycles. The fourth-order valence-corrected chi connectivity index (χ4v) is 1.09. The van der Waals surface area contributed by atoms with Gasteiger partial charge in [-0.2, -0.15) is 0 Å². The van der Waals surface area contributed by atoms with Gasteiger partial charge in [0.05, 0.1) is 7.11 Å². The Hall–Kier alpha value is -1.12. The molecule has 72 valence electrons. The molecule has 0 amide bonds. The number of methoxy groups -OCH3 is 1. The van der Waals surface area contributed by atoms with Crippen LogP contribution in [-0.4, -0.2) is 18.8 Å². The molecule has 1 heterocycles. The maximum absolute atomic E-state index is 5.04. The van der Waals surface area contributed by atoms with Crippen LogP contribution in [0.5, 0.6) is 0 Å². The predicted molar refractivity (Wildman–Crippen MR) is 55.1 cm³/mol. The minimum Gasteiger partial charge on any atom is -0.467 e. The fraction of sp³-hybridized carbons (Fsp3) is 0.600. The number of hydrogen-bond acceptors (Lipinski definition) is 3. The number of allylic oxidation sites excluding steroid dienone is 2. The molecule has 3 nitrogen and oxygen atoms in total. The van der Waals surface area contributed by atoms with E-state index >= 15 is 0 Å². The molecule has 0 fully saturated rings. The molecule has 1 atom stereocenters. The first-order chi connectivity index (χ1) is 6.13. The highest BCUT2D eigenvalue weighted by atomic mass is 16.5. The third-order valence-corrected chi connectivity index (χ3v) is 2.21. The van der Waals surface area contributed by atoms with Crippen LogP contribution in [0, 0.1) is 5.92 Å². The van der Waals surface area contributed by atoms with E-state index < -0.39 is 0 Å². The van der Waals surface area contributed by atoms with Crippen LogP contribution in [0.1, 0.15) is 27.2 Å². The summed E-state index contributed by atoms with van der Waals surface area (Å²) in [6, 6.07) is 0.456. The Balaban J connectivity index is 2.98. The molecular weight excluding hydrogens is 164 g/mol. The second-order valence-electron chi connectivity index (χ2n) is 3.33. The molecule has 1 unspecified atom stereocenters. The topological polar surface area (TPSA) is 34.0 Å². The molecule has 0 N–H and O–H groups in total. The van der Waals surface area contributed by atoms with Crippen LogP contribution < -0.4 is 0 Å². The molecule has 0 aromatic rings. The smallest absolute Gasteiger partial charge is 0.316 e. The van der Waals surface area contributed by atoms with Gasteiger partial charge in [-0.05, 0) is 26.2 Å². The summed E-state index contributed by atoms with van der Waals surface area (Å²) in [5.41, 5.74) is 2.05. The van der Waals surface area contributed by atoms with Crippen LogP contribution in [0.15, 0.2) is 21.8 Å². The maximum Gasteiger partial charge on any atom is 0.316 e. The van der Waals surface area contributed by atoms with Gasteiger partial charge < -0.3 is 4.74 Å². The number of rotatable bonds is 0. The Morgan fingerprint density at radius 2 is 2.08 bits per heavy atom. The molecule has 0 radical (unpaired) electrons. The minimum atomic E-state index is 0.456. The van der Waals surface area contributed by atoms with E-state index in [2.05, 4.69) is 23.0 Å². The van der Waals surface area contributed by atoms with Crippen molar-refractivity contribution in [2.75, 3.05) is 7.11 Å². The van der Waals surface area contributed by atoms with E-state index in [-0.39, 0.29) is 0 Å². The predicted octanol–water partition coefficient (Wildman–Crippen LogP) is 2.39. The van der Waals surface area contributed by atoms with Crippen molar-refractivity contribution in [2.45, 2.75) is 27.2 Å². The van der Waals surface area contributed by atoms with Gasteiger partial charge in [0.25, 0.3) is 0 Å². The molecular formula is C10H16N2O. The summed E-state index contributed by atoms with van der Waals surface area (Å²) in [5.74, 6) is 0.468. The van der Waals surface area contributed by atoms with Gasteiger partial charge in [0.1, 0.15) is 0 Å². The summed E-state index contributed by atoms with van der Waals surface area (Å²) < 4.78 is 5.04. The third-order valence-electron chi connectivity index (χ3n) is 2.21. The lowest BCUT2D eigenvalue weighted by Crippen LogP contribution is -2.12. The number of nitrogens with zero attached hydrogens (tertiary/aromatic N) is 2. The zero-order valence-electron chi connectivity index (χ0n) is 8.66. The summed E-state index contributed by atoms with van der Waals surface area (Å²) in [5, 5.41) is 0. The van der Waals surface area contributed by atoms with Crippen LogP contribution in [0.3, 0.4) is 0 Å². The zero-order chi connectivity index (χ0) is 9.84. The number of amidine groups is 1. The first kappa shape index (κ1) is 9.96. The van der Waals surface area contributed by atoms with Crippen molar-refractivity contribution in [1.29, 1.82) is 0 Å². The minimum absolute atomic E-state index is 0.456. The van der Waals surface area contributed by atoms with E-state index in [4.69, 9.17) is 4.74 Å². The largest absolute Gasteiger partial charge is 0.467 e. The van der Waals surface area contributed by atoms with Gasteiger partial charge in [-0.15, -0.1) is 0 Å². The first-order valence-electron chi connectivity index (χ1n) is 4.48. The highest BCUT2D eigenvalue weighted by Gasteiger charge is 2.09. The van der Waals surface area contributed by atoms with Gasteiger partial charge in [-0.25, -0.2) is 9.98 Å². The lowest BCUT2D eigenvalue weighted by atomic mass is 10.0. The van der Waals surface area contributed by atoms with Crippen molar-refractivity contribution in [1.82, 2.24) is 0 Å². The molecule has 13 heavy (non-hydrogen) atoms. The first-order valence-corrected chi connectivity index (χ1v) is 4.48. The number of hydrogen-bond donors (Lipinski definition) is 0. The molecule has 1 rings (SSSR count). The summed E-state index contributed by atoms with van der Waals surface area (Å²) >= 11 is 0. The molecule has 1 aliphatic heterocycles. The van der Waals surface area contributed by atoms with Crippen LogP contribution in [0.4, 0.5) is 0 Å². The molecule has 0 saturated heterocycles. The summed E-state index contributed by atoms with van der Waals surface area (Å²) in [6.45, 7) is 6.12. The highest BCUT2D eigenvalue weighted by Crippen LogP contribution is 2.12. The summed E-state index contributed by atoms with van der Waals surface area (Å²) in [6.07, 6.45) is 3.11. The average Bonchev–Trinajstić information content (AvgIpc) is 2.11. The Kier molecular flexibility index (Phi) is 3.23. The normalized spacial score (nSPS) is 27.7. The van der Waals surface area contributed by atoms with E-state index in [0.29, 0.717) is 11.9 Å². The summed E-state index contributed by atoms with van der Waals surface area (Å²) in [7, 11) is 1.59. The SMILES string of the molecule is COC1=N/C(C)=C/CC(C)C(C)=N1. The second-order valence-corrected chi connectivity index (χ2v) is 3.33. The Bertz CT molecular complexity index is 277. The van der Waals surface area contributed by atoms with E-state index in [1.807, 2.05) is 13.8 Å². The molecule has 0 aromatic carbocycles. The number of aliphatic imine (C=N–C) groups is 2. The molecule has 3 heteroatoms. The van der Waals surface area contributed by atoms with Crippen molar-refractivity contribution >= 4 is 11.7 Å². The van der Waals surface area contributed by atoms with Crippen LogP contribution in [-0.2, 0) is 4.74 Å². The van der Waals surface area contributed by atoms with Crippen LogP contribution >= 0.6 is 0 Å². The molecule has 0 aromatic heterocycles. The number of ether oxygens (including phenoxy) is 1. The Morgan fingerprint density at radius 1 is 1.38 bits per heavy atom. The van der Waals surface area contributed by atoms with Crippen LogP contribution in [0.2, 0.25) is 0 Å². The van der Waals surface area contributed by atoms with Gasteiger partial charge >= 0.3 is 6.02 Å². The molecule has 0 bridgehead atoms.